The molecule has 0 aromatic heterocycles. The van der Waals surface area contributed by atoms with Gasteiger partial charge in [0.25, 0.3) is 0 Å². The van der Waals surface area contributed by atoms with Crippen molar-refractivity contribution in [1.82, 2.24) is 5.32 Å². The van der Waals surface area contributed by atoms with Gasteiger partial charge in [0, 0.05) is 15.4 Å². The lowest BCUT2D eigenvalue weighted by molar-refractivity contribution is 0.506. The molecule has 114 valence electrons. The summed E-state index contributed by atoms with van der Waals surface area (Å²) < 4.78 is 24.1. The maximum absolute atomic E-state index is 11.5. The first-order chi connectivity index (χ1) is 9.39. The number of halogens is 2. The fourth-order valence-corrected chi connectivity index (χ4v) is 3.43. The molecule has 0 aliphatic heterocycles. The van der Waals surface area contributed by atoms with E-state index < -0.39 is 9.84 Å². The molecule has 1 atom stereocenters. The van der Waals surface area contributed by atoms with Crippen LogP contribution < -0.4 is 5.32 Å². The maximum atomic E-state index is 11.5. The zero-order valence-corrected chi connectivity index (χ0v) is 15.6. The van der Waals surface area contributed by atoms with Crippen LogP contribution in [0.1, 0.15) is 38.3 Å². The lowest BCUT2D eigenvalue weighted by Gasteiger charge is -2.19. The van der Waals surface area contributed by atoms with Crippen LogP contribution in [-0.4, -0.2) is 26.5 Å². The van der Waals surface area contributed by atoms with Gasteiger partial charge in [-0.2, -0.15) is 0 Å². The second kappa shape index (κ2) is 8.56. The molecule has 20 heavy (non-hydrogen) atoms. The molecule has 0 radical (unpaired) electrons. The molecule has 1 rings (SSSR count). The predicted octanol–water partition coefficient (Wildman–Crippen LogP) is 3.81. The summed E-state index contributed by atoms with van der Waals surface area (Å²) in [6, 6.07) is 6.16. The van der Waals surface area contributed by atoms with Gasteiger partial charge in [0.05, 0.1) is 10.8 Å². The minimum absolute atomic E-state index is 0.154. The lowest BCUT2D eigenvalue weighted by Crippen LogP contribution is -2.22. The van der Waals surface area contributed by atoms with Crippen molar-refractivity contribution in [3.05, 3.63) is 32.4 Å². The van der Waals surface area contributed by atoms with E-state index in [1.165, 1.54) is 0 Å². The summed E-state index contributed by atoms with van der Waals surface area (Å²) in [6.45, 7) is 4.58. The van der Waals surface area contributed by atoms with Crippen molar-refractivity contribution in [3.8, 4) is 0 Å². The van der Waals surface area contributed by atoms with E-state index in [2.05, 4.69) is 34.0 Å². The second-order valence-electron chi connectivity index (χ2n) is 4.66. The highest BCUT2D eigenvalue weighted by Gasteiger charge is 2.14. The van der Waals surface area contributed by atoms with Crippen LogP contribution in [0, 0.1) is 3.57 Å². The third-order valence-corrected chi connectivity index (χ3v) is 6.55. The van der Waals surface area contributed by atoms with Crippen LogP contribution in [0.25, 0.3) is 0 Å². The van der Waals surface area contributed by atoms with E-state index in [-0.39, 0.29) is 17.5 Å². The van der Waals surface area contributed by atoms with Gasteiger partial charge in [0.15, 0.2) is 0 Å². The van der Waals surface area contributed by atoms with Gasteiger partial charge in [-0.05, 0) is 59.7 Å². The monoisotopic (exact) mass is 429 g/mol. The molecule has 0 bridgehead atoms. The Morgan fingerprint density at radius 1 is 1.35 bits per heavy atom. The number of sulfone groups is 1. The molecule has 6 heteroatoms. The smallest absolute Gasteiger partial charge is 0.150 e. The fourth-order valence-electron chi connectivity index (χ4n) is 2.01. The average Bonchev–Trinajstić information content (AvgIpc) is 2.41. The van der Waals surface area contributed by atoms with Crippen molar-refractivity contribution >= 4 is 44.0 Å². The molecule has 0 amide bonds. The van der Waals surface area contributed by atoms with E-state index >= 15 is 0 Å². The summed E-state index contributed by atoms with van der Waals surface area (Å²) in [5, 5.41) is 4.14. The minimum atomic E-state index is -2.88. The van der Waals surface area contributed by atoms with Crippen molar-refractivity contribution < 1.29 is 8.42 Å². The van der Waals surface area contributed by atoms with Gasteiger partial charge >= 0.3 is 0 Å². The largest absolute Gasteiger partial charge is 0.310 e. The van der Waals surface area contributed by atoms with E-state index in [4.69, 9.17) is 11.6 Å². The first kappa shape index (κ1) is 18.2. The molecule has 1 N–H and O–H groups in total. The van der Waals surface area contributed by atoms with E-state index in [1.807, 2.05) is 19.1 Å². The van der Waals surface area contributed by atoms with Gasteiger partial charge in [0.2, 0.25) is 0 Å². The summed E-state index contributed by atoms with van der Waals surface area (Å²) in [5.74, 6) is 0.470. The molecular formula is C14H21ClINO2S. The third-order valence-electron chi connectivity index (χ3n) is 3.18. The zero-order valence-electron chi connectivity index (χ0n) is 11.8. The Morgan fingerprint density at radius 3 is 2.60 bits per heavy atom. The van der Waals surface area contributed by atoms with Crippen molar-refractivity contribution in [2.75, 3.05) is 18.1 Å². The van der Waals surface area contributed by atoms with Crippen LogP contribution in [0.5, 0.6) is 0 Å². The van der Waals surface area contributed by atoms with Gasteiger partial charge in [0.1, 0.15) is 9.84 Å². The highest BCUT2D eigenvalue weighted by atomic mass is 127. The van der Waals surface area contributed by atoms with Crippen LogP contribution in [0.2, 0.25) is 5.02 Å². The summed E-state index contributed by atoms with van der Waals surface area (Å²) in [5.41, 5.74) is 1.12. The number of nitrogens with one attached hydrogen (secondary N) is 1. The van der Waals surface area contributed by atoms with E-state index in [1.54, 1.807) is 6.92 Å². The molecule has 1 aromatic carbocycles. The van der Waals surface area contributed by atoms with Crippen molar-refractivity contribution in [3.63, 3.8) is 0 Å². The van der Waals surface area contributed by atoms with Crippen LogP contribution in [-0.2, 0) is 9.84 Å². The Balaban J connectivity index is 2.71. The molecule has 0 saturated carbocycles. The van der Waals surface area contributed by atoms with Crippen LogP contribution >= 0.6 is 34.2 Å². The summed E-state index contributed by atoms with van der Waals surface area (Å²) >= 11 is 8.35. The molecule has 1 aromatic rings. The maximum Gasteiger partial charge on any atom is 0.150 e. The highest BCUT2D eigenvalue weighted by Crippen LogP contribution is 2.25. The predicted molar refractivity (Wildman–Crippen MR) is 94.1 cm³/mol. The SMILES string of the molecule is CCNC(CCCS(=O)(=O)CC)c1ccc(I)c(Cl)c1. The number of rotatable bonds is 8. The quantitative estimate of drug-likeness (QED) is 0.639. The van der Waals surface area contributed by atoms with Gasteiger partial charge < -0.3 is 5.32 Å². The molecule has 1 unspecified atom stereocenters. The normalized spacial score (nSPS) is 13.4. The van der Waals surface area contributed by atoms with E-state index in [0.717, 1.165) is 27.1 Å². The summed E-state index contributed by atoms with van der Waals surface area (Å²) in [4.78, 5) is 0. The van der Waals surface area contributed by atoms with E-state index in [0.29, 0.717) is 6.42 Å². The Hall–Kier alpha value is 0.150. The summed E-state index contributed by atoms with van der Waals surface area (Å²) in [6.07, 6.45) is 1.46. The molecule has 0 saturated heterocycles. The average molecular weight is 430 g/mol. The Bertz CT molecular complexity index is 534. The Morgan fingerprint density at radius 2 is 2.05 bits per heavy atom. The van der Waals surface area contributed by atoms with Crippen LogP contribution in [0.3, 0.4) is 0 Å². The first-order valence-electron chi connectivity index (χ1n) is 6.78. The third kappa shape index (κ3) is 5.87. The molecule has 3 nitrogen and oxygen atoms in total. The van der Waals surface area contributed by atoms with Gasteiger partial charge in [-0.3, -0.25) is 0 Å². The molecule has 0 heterocycles. The molecule has 0 aliphatic rings. The minimum Gasteiger partial charge on any atom is -0.310 e. The van der Waals surface area contributed by atoms with Gasteiger partial charge in [-0.1, -0.05) is 31.5 Å². The second-order valence-corrected chi connectivity index (χ2v) is 8.70. The van der Waals surface area contributed by atoms with Gasteiger partial charge in [-0.25, -0.2) is 8.42 Å². The fraction of sp³-hybridized carbons (Fsp3) is 0.571. The first-order valence-corrected chi connectivity index (χ1v) is 10.1. The van der Waals surface area contributed by atoms with Crippen molar-refractivity contribution in [2.24, 2.45) is 0 Å². The van der Waals surface area contributed by atoms with Crippen molar-refractivity contribution in [2.45, 2.75) is 32.7 Å². The number of hydrogen-bond acceptors (Lipinski definition) is 3. The topological polar surface area (TPSA) is 46.2 Å². The van der Waals surface area contributed by atoms with E-state index in [9.17, 15) is 8.42 Å². The number of hydrogen-bond donors (Lipinski definition) is 1. The summed E-state index contributed by atoms with van der Waals surface area (Å²) in [7, 11) is -2.88. The number of benzene rings is 1. The molecule has 0 aliphatic carbocycles. The molecular weight excluding hydrogens is 409 g/mol. The standard InChI is InChI=1S/C14H21ClINO2S/c1-3-17-14(6-5-9-20(18,19)4-2)11-7-8-13(16)12(15)10-11/h7-8,10,14,17H,3-6,9H2,1-2H3. The van der Waals surface area contributed by atoms with Gasteiger partial charge in [-0.15, -0.1) is 0 Å². The molecule has 0 spiro atoms. The highest BCUT2D eigenvalue weighted by molar-refractivity contribution is 14.1. The Labute approximate surface area is 140 Å². The van der Waals surface area contributed by atoms with Crippen molar-refractivity contribution in [1.29, 1.82) is 0 Å². The Kier molecular flexibility index (Phi) is 7.79. The molecule has 0 fully saturated rings. The van der Waals surface area contributed by atoms with Crippen LogP contribution in [0.15, 0.2) is 18.2 Å². The zero-order chi connectivity index (χ0) is 15.2. The lowest BCUT2D eigenvalue weighted by atomic mass is 10.0. The van der Waals surface area contributed by atoms with Crippen LogP contribution in [0.4, 0.5) is 0 Å².